The number of hydrogen-bond acceptors (Lipinski definition) is 4. The van der Waals surface area contributed by atoms with Crippen molar-refractivity contribution in [2.75, 3.05) is 12.4 Å². The summed E-state index contributed by atoms with van der Waals surface area (Å²) in [6.07, 6.45) is 4.89. The van der Waals surface area contributed by atoms with Crippen LogP contribution in [0.3, 0.4) is 0 Å². The first-order valence-electron chi connectivity index (χ1n) is 9.00. The Hall–Kier alpha value is -1.97. The molecule has 25 heavy (non-hydrogen) atoms. The Morgan fingerprint density at radius 2 is 1.96 bits per heavy atom. The fourth-order valence-corrected chi connectivity index (χ4v) is 2.61. The van der Waals surface area contributed by atoms with Crippen molar-refractivity contribution in [3.63, 3.8) is 0 Å². The van der Waals surface area contributed by atoms with Crippen LogP contribution in [0, 0.1) is 5.92 Å². The van der Waals surface area contributed by atoms with E-state index in [1.807, 2.05) is 18.3 Å². The predicted octanol–water partition coefficient (Wildman–Crippen LogP) is 5.23. The molecule has 0 saturated heterocycles. The molecule has 140 valence electrons. The van der Waals surface area contributed by atoms with E-state index in [1.54, 1.807) is 14.0 Å². The van der Waals surface area contributed by atoms with Crippen LogP contribution in [0.5, 0.6) is 5.75 Å². The number of allylic oxidation sites excluding steroid dienone is 1. The summed E-state index contributed by atoms with van der Waals surface area (Å²) in [4.78, 5) is 12.1. The van der Waals surface area contributed by atoms with Crippen LogP contribution in [0.2, 0.25) is 0 Å². The molecule has 1 aromatic carbocycles. The van der Waals surface area contributed by atoms with Crippen LogP contribution in [0.4, 0.5) is 5.69 Å². The highest BCUT2D eigenvalue weighted by atomic mass is 16.5. The highest BCUT2D eigenvalue weighted by Gasteiger charge is 2.21. The van der Waals surface area contributed by atoms with Crippen LogP contribution in [0.15, 0.2) is 24.0 Å². The maximum Gasteiger partial charge on any atom is 0.163 e. The zero-order valence-corrected chi connectivity index (χ0v) is 16.8. The maximum absolute atomic E-state index is 12.1. The first-order chi connectivity index (χ1) is 11.6. The first kappa shape index (κ1) is 21.1. The van der Waals surface area contributed by atoms with Crippen molar-refractivity contribution in [2.45, 2.75) is 66.2 Å². The Bertz CT molecular complexity index is 626. The van der Waals surface area contributed by atoms with E-state index in [0.717, 1.165) is 36.2 Å². The number of methoxy groups -OCH3 is 1. The number of carbonyl (C=O) groups excluding carboxylic acids is 1. The van der Waals surface area contributed by atoms with E-state index in [9.17, 15) is 4.79 Å². The highest BCUT2D eigenvalue weighted by molar-refractivity contribution is 5.99. The fraction of sp³-hybridized carbons (Fsp3) is 0.571. The van der Waals surface area contributed by atoms with Crippen molar-refractivity contribution in [3.05, 3.63) is 35.2 Å². The lowest BCUT2D eigenvalue weighted by Gasteiger charge is -2.23. The number of anilines is 1. The van der Waals surface area contributed by atoms with Crippen molar-refractivity contribution in [2.24, 2.45) is 11.7 Å². The van der Waals surface area contributed by atoms with Gasteiger partial charge in [-0.2, -0.15) is 0 Å². The van der Waals surface area contributed by atoms with E-state index in [4.69, 9.17) is 10.5 Å². The standard InChI is InChI=1S/C21H34N2O2/c1-14(2)9-8-10-17(22)13-23-19-12-16(21(4,5)6)11-18(15(3)24)20(19)25-7/h11-14,23H,8-10,22H2,1-7H3/b17-13-. The number of carbonyl (C=O) groups is 1. The van der Waals surface area contributed by atoms with Gasteiger partial charge in [0, 0.05) is 11.9 Å². The second-order valence-corrected chi connectivity index (χ2v) is 8.06. The minimum atomic E-state index is -0.0700. The quantitative estimate of drug-likeness (QED) is 0.632. The normalized spacial score (nSPS) is 12.4. The smallest absolute Gasteiger partial charge is 0.163 e. The summed E-state index contributed by atoms with van der Waals surface area (Å²) in [5.41, 5.74) is 9.28. The van der Waals surface area contributed by atoms with Gasteiger partial charge in [-0.05, 0) is 48.8 Å². The van der Waals surface area contributed by atoms with Gasteiger partial charge in [-0.1, -0.05) is 41.0 Å². The van der Waals surface area contributed by atoms with Gasteiger partial charge >= 0.3 is 0 Å². The molecule has 0 aliphatic heterocycles. The van der Waals surface area contributed by atoms with Crippen LogP contribution in [0.25, 0.3) is 0 Å². The molecular weight excluding hydrogens is 312 g/mol. The lowest BCUT2D eigenvalue weighted by molar-refractivity contribution is 0.101. The number of Topliss-reactive ketones (excluding diaryl/α,β-unsaturated/α-hetero) is 1. The van der Waals surface area contributed by atoms with Gasteiger partial charge in [0.1, 0.15) is 0 Å². The van der Waals surface area contributed by atoms with Gasteiger partial charge in [0.2, 0.25) is 0 Å². The molecule has 1 aromatic rings. The van der Waals surface area contributed by atoms with Crippen molar-refractivity contribution >= 4 is 11.5 Å². The molecule has 0 aromatic heterocycles. The van der Waals surface area contributed by atoms with E-state index in [2.05, 4.69) is 39.9 Å². The number of nitrogens with one attached hydrogen (secondary N) is 1. The topological polar surface area (TPSA) is 64.3 Å². The zero-order valence-electron chi connectivity index (χ0n) is 16.8. The number of ketones is 1. The number of nitrogens with two attached hydrogens (primary N) is 1. The summed E-state index contributed by atoms with van der Waals surface area (Å²) >= 11 is 0. The second kappa shape index (κ2) is 8.93. The van der Waals surface area contributed by atoms with Crippen LogP contribution >= 0.6 is 0 Å². The molecule has 0 heterocycles. The molecule has 0 unspecified atom stereocenters. The summed E-state index contributed by atoms with van der Waals surface area (Å²) in [6.45, 7) is 12.4. The summed E-state index contributed by atoms with van der Waals surface area (Å²) in [7, 11) is 1.58. The third-order valence-corrected chi connectivity index (χ3v) is 4.20. The Balaban J connectivity index is 3.11. The minimum Gasteiger partial charge on any atom is -0.494 e. The number of rotatable bonds is 8. The molecule has 4 heteroatoms. The molecule has 0 bridgehead atoms. The lowest BCUT2D eigenvalue weighted by atomic mass is 9.85. The van der Waals surface area contributed by atoms with Crippen LogP contribution in [0.1, 0.15) is 76.7 Å². The number of benzene rings is 1. The number of ether oxygens (including phenoxy) is 1. The van der Waals surface area contributed by atoms with Crippen molar-refractivity contribution in [1.82, 2.24) is 0 Å². The third kappa shape index (κ3) is 6.45. The van der Waals surface area contributed by atoms with Gasteiger partial charge in [0.05, 0.1) is 18.4 Å². The predicted molar refractivity (Wildman–Crippen MR) is 106 cm³/mol. The molecule has 4 nitrogen and oxygen atoms in total. The largest absolute Gasteiger partial charge is 0.494 e. The molecule has 0 fully saturated rings. The van der Waals surface area contributed by atoms with Crippen LogP contribution in [-0.2, 0) is 5.41 Å². The van der Waals surface area contributed by atoms with Crippen LogP contribution in [-0.4, -0.2) is 12.9 Å². The van der Waals surface area contributed by atoms with Crippen molar-refractivity contribution in [1.29, 1.82) is 0 Å². The molecule has 0 aliphatic rings. The lowest BCUT2D eigenvalue weighted by Crippen LogP contribution is -2.14. The molecule has 0 aliphatic carbocycles. The minimum absolute atomic E-state index is 0.0140. The van der Waals surface area contributed by atoms with E-state index < -0.39 is 0 Å². The van der Waals surface area contributed by atoms with E-state index in [-0.39, 0.29) is 11.2 Å². The first-order valence-corrected chi connectivity index (χ1v) is 9.00. The van der Waals surface area contributed by atoms with Gasteiger partial charge in [-0.25, -0.2) is 0 Å². The van der Waals surface area contributed by atoms with Gasteiger partial charge in [0.25, 0.3) is 0 Å². The highest BCUT2D eigenvalue weighted by Crippen LogP contribution is 2.35. The molecule has 3 N–H and O–H groups in total. The molecular formula is C21H34N2O2. The average Bonchev–Trinajstić information content (AvgIpc) is 2.50. The molecule has 0 atom stereocenters. The van der Waals surface area contributed by atoms with Gasteiger partial charge < -0.3 is 15.8 Å². The maximum atomic E-state index is 12.1. The van der Waals surface area contributed by atoms with Crippen molar-refractivity contribution in [3.8, 4) is 5.75 Å². The average molecular weight is 347 g/mol. The Kier molecular flexibility index (Phi) is 7.53. The molecule has 0 radical (unpaired) electrons. The molecule has 0 spiro atoms. The molecule has 0 amide bonds. The number of hydrogen-bond donors (Lipinski definition) is 2. The fourth-order valence-electron chi connectivity index (χ4n) is 2.61. The Labute approximate surface area is 152 Å². The SMILES string of the molecule is COc1c(N/C=C(\N)CCCC(C)C)cc(C(C)(C)C)cc1C(C)=O. The van der Waals surface area contributed by atoms with E-state index in [0.29, 0.717) is 17.2 Å². The summed E-state index contributed by atoms with van der Waals surface area (Å²) < 4.78 is 5.50. The van der Waals surface area contributed by atoms with Crippen LogP contribution < -0.4 is 15.8 Å². The molecule has 0 saturated carbocycles. The van der Waals surface area contributed by atoms with Gasteiger partial charge in [-0.3, -0.25) is 4.79 Å². The Morgan fingerprint density at radius 1 is 1.32 bits per heavy atom. The van der Waals surface area contributed by atoms with E-state index >= 15 is 0 Å². The summed E-state index contributed by atoms with van der Waals surface area (Å²) in [5, 5.41) is 3.25. The monoisotopic (exact) mass is 346 g/mol. The zero-order chi connectivity index (χ0) is 19.2. The summed E-state index contributed by atoms with van der Waals surface area (Å²) in [5.74, 6) is 1.23. The Morgan fingerprint density at radius 3 is 2.44 bits per heavy atom. The summed E-state index contributed by atoms with van der Waals surface area (Å²) in [6, 6.07) is 3.95. The van der Waals surface area contributed by atoms with Gasteiger partial charge in [-0.15, -0.1) is 0 Å². The third-order valence-electron chi connectivity index (χ3n) is 4.20. The molecule has 1 rings (SSSR count). The van der Waals surface area contributed by atoms with Crippen molar-refractivity contribution < 1.29 is 9.53 Å². The second-order valence-electron chi connectivity index (χ2n) is 8.06. The van der Waals surface area contributed by atoms with E-state index in [1.165, 1.54) is 0 Å². The van der Waals surface area contributed by atoms with Gasteiger partial charge in [0.15, 0.2) is 11.5 Å².